The predicted octanol–water partition coefficient (Wildman–Crippen LogP) is 1.30. The average molecular weight is 208 g/mol. The first kappa shape index (κ1) is 11.5. The molecule has 0 atom stereocenters. The van der Waals surface area contributed by atoms with Crippen molar-refractivity contribution in [3.05, 3.63) is 29.8 Å². The van der Waals surface area contributed by atoms with Gasteiger partial charge in [-0.05, 0) is 25.6 Å². The number of carbonyl (C=O) groups excluding carboxylic acids is 1. The molecule has 4 heteroatoms. The molecule has 1 aromatic rings. The fourth-order valence-corrected chi connectivity index (χ4v) is 1.10. The summed E-state index contributed by atoms with van der Waals surface area (Å²) in [5, 5.41) is 5.56. The number of rotatable bonds is 4. The highest BCUT2D eigenvalue weighted by atomic mass is 16.6. The van der Waals surface area contributed by atoms with E-state index in [2.05, 4.69) is 10.6 Å². The van der Waals surface area contributed by atoms with Crippen LogP contribution in [0.15, 0.2) is 24.3 Å². The molecule has 15 heavy (non-hydrogen) atoms. The Bertz CT molecular complexity index is 326. The van der Waals surface area contributed by atoms with E-state index in [4.69, 9.17) is 4.74 Å². The van der Waals surface area contributed by atoms with Gasteiger partial charge in [-0.25, -0.2) is 4.79 Å². The van der Waals surface area contributed by atoms with E-state index in [1.165, 1.54) is 0 Å². The van der Waals surface area contributed by atoms with Gasteiger partial charge in [0.25, 0.3) is 0 Å². The molecule has 0 heterocycles. The summed E-state index contributed by atoms with van der Waals surface area (Å²) in [7, 11) is 1.83. The molecule has 0 radical (unpaired) electrons. The van der Waals surface area contributed by atoms with E-state index in [1.54, 1.807) is 6.07 Å². The summed E-state index contributed by atoms with van der Waals surface area (Å²) in [6.45, 7) is 3.18. The Labute approximate surface area is 89.6 Å². The molecule has 0 unspecified atom stereocenters. The Balaban J connectivity index is 2.41. The molecule has 2 N–H and O–H groups in total. The fourth-order valence-electron chi connectivity index (χ4n) is 1.10. The van der Waals surface area contributed by atoms with Gasteiger partial charge >= 0.3 is 6.09 Å². The molecule has 1 rings (SSSR count). The van der Waals surface area contributed by atoms with Gasteiger partial charge in [0, 0.05) is 13.1 Å². The third-order valence-corrected chi connectivity index (χ3v) is 1.94. The molecular formula is C11H16N2O2. The van der Waals surface area contributed by atoms with Crippen LogP contribution in [-0.4, -0.2) is 26.2 Å². The van der Waals surface area contributed by atoms with Crippen molar-refractivity contribution in [3.8, 4) is 5.75 Å². The van der Waals surface area contributed by atoms with E-state index < -0.39 is 6.09 Å². The number of para-hydroxylation sites is 1. The molecular weight excluding hydrogens is 192 g/mol. The monoisotopic (exact) mass is 208 g/mol. The zero-order valence-corrected chi connectivity index (χ0v) is 9.04. The Hall–Kier alpha value is -1.55. The van der Waals surface area contributed by atoms with E-state index in [9.17, 15) is 4.79 Å². The number of hydrogen-bond donors (Lipinski definition) is 2. The van der Waals surface area contributed by atoms with Crippen molar-refractivity contribution in [2.24, 2.45) is 0 Å². The van der Waals surface area contributed by atoms with Gasteiger partial charge in [0.2, 0.25) is 0 Å². The van der Waals surface area contributed by atoms with Crippen LogP contribution in [0.4, 0.5) is 4.79 Å². The zero-order valence-electron chi connectivity index (χ0n) is 9.04. The Kier molecular flexibility index (Phi) is 4.63. The summed E-state index contributed by atoms with van der Waals surface area (Å²) in [4.78, 5) is 11.3. The van der Waals surface area contributed by atoms with E-state index in [-0.39, 0.29) is 0 Å². The Morgan fingerprint density at radius 3 is 2.73 bits per heavy atom. The summed E-state index contributed by atoms with van der Waals surface area (Å²) >= 11 is 0. The van der Waals surface area contributed by atoms with Crippen molar-refractivity contribution in [1.29, 1.82) is 0 Å². The average Bonchev–Trinajstić information content (AvgIpc) is 2.22. The van der Waals surface area contributed by atoms with Crippen LogP contribution in [0.3, 0.4) is 0 Å². The van der Waals surface area contributed by atoms with E-state index in [0.717, 1.165) is 12.1 Å². The van der Waals surface area contributed by atoms with Crippen LogP contribution in [-0.2, 0) is 0 Å². The minimum Gasteiger partial charge on any atom is -0.410 e. The van der Waals surface area contributed by atoms with Crippen LogP contribution < -0.4 is 15.4 Å². The van der Waals surface area contributed by atoms with Crippen molar-refractivity contribution >= 4 is 6.09 Å². The first-order valence-electron chi connectivity index (χ1n) is 4.90. The number of likely N-dealkylation sites (N-methyl/N-ethyl adjacent to an activating group) is 1. The lowest BCUT2D eigenvalue weighted by atomic mass is 10.2. The van der Waals surface area contributed by atoms with Gasteiger partial charge in [0.05, 0.1) is 0 Å². The smallest absolute Gasteiger partial charge is 0.410 e. The molecule has 0 aliphatic carbocycles. The maximum absolute atomic E-state index is 11.3. The maximum Gasteiger partial charge on any atom is 0.412 e. The van der Waals surface area contributed by atoms with Crippen molar-refractivity contribution in [3.63, 3.8) is 0 Å². The Morgan fingerprint density at radius 2 is 2.07 bits per heavy atom. The lowest BCUT2D eigenvalue weighted by Crippen LogP contribution is -2.32. The minimum absolute atomic E-state index is 0.417. The first-order chi connectivity index (χ1) is 7.24. The maximum atomic E-state index is 11.3. The van der Waals surface area contributed by atoms with E-state index in [1.807, 2.05) is 32.2 Å². The SMILES string of the molecule is CNCCNC(=O)Oc1ccccc1C. The topological polar surface area (TPSA) is 50.4 Å². The van der Waals surface area contributed by atoms with Crippen molar-refractivity contribution in [1.82, 2.24) is 10.6 Å². The standard InChI is InChI=1S/C11H16N2O2/c1-9-5-3-4-6-10(9)15-11(14)13-8-7-12-2/h3-6,12H,7-8H2,1-2H3,(H,13,14). The van der Waals surface area contributed by atoms with Crippen LogP contribution in [0.25, 0.3) is 0 Å². The van der Waals surface area contributed by atoms with Crippen LogP contribution in [0.1, 0.15) is 5.56 Å². The Morgan fingerprint density at radius 1 is 1.33 bits per heavy atom. The third kappa shape index (κ3) is 3.99. The zero-order chi connectivity index (χ0) is 11.1. The summed E-state index contributed by atoms with van der Waals surface area (Å²) < 4.78 is 5.11. The number of amides is 1. The van der Waals surface area contributed by atoms with Crippen LogP contribution >= 0.6 is 0 Å². The molecule has 1 amide bonds. The van der Waals surface area contributed by atoms with Gasteiger partial charge in [-0.1, -0.05) is 18.2 Å². The number of benzene rings is 1. The molecule has 1 aromatic carbocycles. The van der Waals surface area contributed by atoms with Crippen LogP contribution in [0.2, 0.25) is 0 Å². The van der Waals surface area contributed by atoms with Gasteiger partial charge in [-0.3, -0.25) is 0 Å². The minimum atomic E-state index is -0.417. The lowest BCUT2D eigenvalue weighted by molar-refractivity contribution is 0.200. The molecule has 82 valence electrons. The summed E-state index contributed by atoms with van der Waals surface area (Å²) in [6.07, 6.45) is -0.417. The lowest BCUT2D eigenvalue weighted by Gasteiger charge is -2.07. The number of aryl methyl sites for hydroxylation is 1. The summed E-state index contributed by atoms with van der Waals surface area (Å²) in [5.74, 6) is 0.597. The van der Waals surface area contributed by atoms with Crippen molar-refractivity contribution < 1.29 is 9.53 Å². The highest BCUT2D eigenvalue weighted by Crippen LogP contribution is 2.15. The quantitative estimate of drug-likeness (QED) is 0.733. The van der Waals surface area contributed by atoms with Gasteiger partial charge in [0.15, 0.2) is 0 Å². The van der Waals surface area contributed by atoms with Gasteiger partial charge in [0.1, 0.15) is 5.75 Å². The van der Waals surface area contributed by atoms with Crippen molar-refractivity contribution in [2.75, 3.05) is 20.1 Å². The normalized spacial score (nSPS) is 9.73. The fraction of sp³-hybridized carbons (Fsp3) is 0.364. The van der Waals surface area contributed by atoms with Gasteiger partial charge in [-0.2, -0.15) is 0 Å². The highest BCUT2D eigenvalue weighted by molar-refractivity contribution is 5.70. The number of carbonyl (C=O) groups is 1. The van der Waals surface area contributed by atoms with Crippen LogP contribution in [0.5, 0.6) is 5.75 Å². The third-order valence-electron chi connectivity index (χ3n) is 1.94. The van der Waals surface area contributed by atoms with Gasteiger partial charge < -0.3 is 15.4 Å². The molecule has 0 aliphatic rings. The second-order valence-electron chi connectivity index (χ2n) is 3.19. The first-order valence-corrected chi connectivity index (χ1v) is 4.90. The molecule has 0 fully saturated rings. The molecule has 0 aliphatic heterocycles. The molecule has 0 spiro atoms. The highest BCUT2D eigenvalue weighted by Gasteiger charge is 2.04. The second-order valence-corrected chi connectivity index (χ2v) is 3.19. The van der Waals surface area contributed by atoms with Crippen LogP contribution in [0, 0.1) is 6.92 Å². The number of nitrogens with one attached hydrogen (secondary N) is 2. The molecule has 0 bridgehead atoms. The molecule has 0 saturated carbocycles. The van der Waals surface area contributed by atoms with Crippen molar-refractivity contribution in [2.45, 2.75) is 6.92 Å². The predicted molar refractivity (Wildman–Crippen MR) is 59.1 cm³/mol. The molecule has 4 nitrogen and oxygen atoms in total. The van der Waals surface area contributed by atoms with Gasteiger partial charge in [-0.15, -0.1) is 0 Å². The number of hydrogen-bond acceptors (Lipinski definition) is 3. The second kappa shape index (κ2) is 6.03. The summed E-state index contributed by atoms with van der Waals surface area (Å²) in [6, 6.07) is 7.41. The molecule has 0 saturated heterocycles. The number of ether oxygens (including phenoxy) is 1. The largest absolute Gasteiger partial charge is 0.412 e. The molecule has 0 aromatic heterocycles. The van der Waals surface area contributed by atoms with E-state index in [0.29, 0.717) is 12.3 Å². The van der Waals surface area contributed by atoms with E-state index >= 15 is 0 Å². The summed E-state index contributed by atoms with van der Waals surface area (Å²) in [5.41, 5.74) is 0.946.